The molecule has 0 heterocycles. The third-order valence-corrected chi connectivity index (χ3v) is 3.55. The molecule has 0 aromatic heterocycles. The summed E-state index contributed by atoms with van der Waals surface area (Å²) >= 11 is 0. The molecule has 1 amide bonds. The first-order chi connectivity index (χ1) is 13.1. The predicted molar refractivity (Wildman–Crippen MR) is 103 cm³/mol. The molecule has 27 heavy (non-hydrogen) atoms. The summed E-state index contributed by atoms with van der Waals surface area (Å²) in [4.78, 5) is 12.3. The number of benzene rings is 2. The van der Waals surface area contributed by atoms with Crippen LogP contribution in [0.2, 0.25) is 0 Å². The fourth-order valence-electron chi connectivity index (χ4n) is 2.25. The Morgan fingerprint density at radius 2 is 1.70 bits per heavy atom. The lowest BCUT2D eigenvalue weighted by atomic mass is 10.1. The van der Waals surface area contributed by atoms with E-state index < -0.39 is 5.91 Å². The van der Waals surface area contributed by atoms with Crippen molar-refractivity contribution in [3.8, 4) is 23.0 Å². The third-order valence-electron chi connectivity index (χ3n) is 3.55. The molecular formula is C20H22N2O5. The number of rotatable bonds is 9. The molecule has 0 aliphatic heterocycles. The number of ether oxygens (including phenoxy) is 4. The van der Waals surface area contributed by atoms with Crippen LogP contribution in [0, 0.1) is 0 Å². The number of nitrogens with zero attached hydrogens (tertiary/aromatic N) is 1. The average Bonchev–Trinajstić information content (AvgIpc) is 2.71. The molecule has 0 bridgehead atoms. The van der Waals surface area contributed by atoms with Gasteiger partial charge in [0.15, 0.2) is 11.5 Å². The van der Waals surface area contributed by atoms with E-state index in [0.717, 1.165) is 11.3 Å². The number of hydrogen-bond acceptors (Lipinski definition) is 6. The van der Waals surface area contributed by atoms with Crippen molar-refractivity contribution in [2.24, 2.45) is 5.10 Å². The Morgan fingerprint density at radius 1 is 1.07 bits per heavy atom. The lowest BCUT2D eigenvalue weighted by Gasteiger charge is -2.13. The number of carbonyl (C=O) groups is 1. The van der Waals surface area contributed by atoms with Crippen LogP contribution in [0.1, 0.15) is 15.9 Å². The van der Waals surface area contributed by atoms with E-state index in [-0.39, 0.29) is 0 Å². The Kier molecular flexibility index (Phi) is 7.25. The minimum absolute atomic E-state index is 0.329. The van der Waals surface area contributed by atoms with Gasteiger partial charge in [0.2, 0.25) is 5.75 Å². The summed E-state index contributed by atoms with van der Waals surface area (Å²) in [5.41, 5.74) is 3.61. The summed E-state index contributed by atoms with van der Waals surface area (Å²) in [5, 5.41) is 3.97. The Balaban J connectivity index is 2.06. The van der Waals surface area contributed by atoms with E-state index >= 15 is 0 Å². The second-order valence-electron chi connectivity index (χ2n) is 5.28. The molecule has 0 spiro atoms. The van der Waals surface area contributed by atoms with E-state index in [2.05, 4.69) is 17.1 Å². The van der Waals surface area contributed by atoms with Gasteiger partial charge in [-0.1, -0.05) is 12.7 Å². The monoisotopic (exact) mass is 370 g/mol. The molecule has 0 saturated carbocycles. The fraction of sp³-hybridized carbons (Fsp3) is 0.200. The summed E-state index contributed by atoms with van der Waals surface area (Å²) in [6.07, 6.45) is 3.21. The second-order valence-corrected chi connectivity index (χ2v) is 5.28. The van der Waals surface area contributed by atoms with Crippen molar-refractivity contribution >= 4 is 12.1 Å². The SMILES string of the molecule is C=CCOc1ccc(/C=N\NC(=O)c2cc(OC)c(OC)c(OC)c2)cc1. The molecule has 0 fully saturated rings. The van der Waals surface area contributed by atoms with Gasteiger partial charge in [0.25, 0.3) is 5.91 Å². The van der Waals surface area contributed by atoms with E-state index in [1.165, 1.54) is 27.5 Å². The summed E-state index contributed by atoms with van der Waals surface area (Å²) in [6.45, 7) is 4.04. The van der Waals surface area contributed by atoms with E-state index in [1.807, 2.05) is 24.3 Å². The Bertz CT molecular complexity index is 791. The van der Waals surface area contributed by atoms with Crippen LogP contribution in [0.5, 0.6) is 23.0 Å². The molecular weight excluding hydrogens is 348 g/mol. The fourth-order valence-corrected chi connectivity index (χ4v) is 2.25. The van der Waals surface area contributed by atoms with E-state index in [1.54, 1.807) is 18.2 Å². The maximum Gasteiger partial charge on any atom is 0.271 e. The van der Waals surface area contributed by atoms with Crippen LogP contribution in [-0.4, -0.2) is 40.1 Å². The summed E-state index contributed by atoms with van der Waals surface area (Å²) < 4.78 is 21.1. The molecule has 0 saturated heterocycles. The smallest absolute Gasteiger partial charge is 0.271 e. The zero-order chi connectivity index (χ0) is 19.6. The highest BCUT2D eigenvalue weighted by atomic mass is 16.5. The van der Waals surface area contributed by atoms with Gasteiger partial charge in [-0.25, -0.2) is 5.43 Å². The van der Waals surface area contributed by atoms with Crippen molar-refractivity contribution in [1.82, 2.24) is 5.43 Å². The lowest BCUT2D eigenvalue weighted by molar-refractivity contribution is 0.0954. The Hall–Kier alpha value is -3.48. The average molecular weight is 370 g/mol. The van der Waals surface area contributed by atoms with Crippen LogP contribution >= 0.6 is 0 Å². The van der Waals surface area contributed by atoms with Crippen LogP contribution in [0.15, 0.2) is 54.2 Å². The second kappa shape index (κ2) is 9.86. The van der Waals surface area contributed by atoms with E-state index in [0.29, 0.717) is 29.4 Å². The van der Waals surface area contributed by atoms with E-state index in [4.69, 9.17) is 18.9 Å². The van der Waals surface area contributed by atoms with Crippen LogP contribution in [0.3, 0.4) is 0 Å². The van der Waals surface area contributed by atoms with Crippen LogP contribution < -0.4 is 24.4 Å². The van der Waals surface area contributed by atoms with Gasteiger partial charge in [-0.05, 0) is 42.0 Å². The number of nitrogens with one attached hydrogen (secondary N) is 1. The molecule has 0 radical (unpaired) electrons. The van der Waals surface area contributed by atoms with Gasteiger partial charge in [-0.15, -0.1) is 0 Å². The molecule has 2 aromatic carbocycles. The van der Waals surface area contributed by atoms with Gasteiger partial charge in [0.05, 0.1) is 27.5 Å². The predicted octanol–water partition coefficient (Wildman–Crippen LogP) is 3.04. The highest BCUT2D eigenvalue weighted by Crippen LogP contribution is 2.38. The zero-order valence-electron chi connectivity index (χ0n) is 15.5. The van der Waals surface area contributed by atoms with Crippen LogP contribution in [-0.2, 0) is 0 Å². The van der Waals surface area contributed by atoms with Crippen molar-refractivity contribution in [3.63, 3.8) is 0 Å². The molecule has 0 unspecified atom stereocenters. The Labute approximate surface area is 158 Å². The van der Waals surface area contributed by atoms with Gasteiger partial charge in [0.1, 0.15) is 12.4 Å². The minimum Gasteiger partial charge on any atom is -0.493 e. The number of methoxy groups -OCH3 is 3. The number of amides is 1. The highest BCUT2D eigenvalue weighted by Gasteiger charge is 2.16. The van der Waals surface area contributed by atoms with Gasteiger partial charge >= 0.3 is 0 Å². The molecule has 142 valence electrons. The van der Waals surface area contributed by atoms with Crippen molar-refractivity contribution in [1.29, 1.82) is 0 Å². The van der Waals surface area contributed by atoms with Gasteiger partial charge in [0, 0.05) is 5.56 Å². The van der Waals surface area contributed by atoms with E-state index in [9.17, 15) is 4.79 Å². The van der Waals surface area contributed by atoms with Crippen molar-refractivity contribution in [2.75, 3.05) is 27.9 Å². The largest absolute Gasteiger partial charge is 0.493 e. The maximum atomic E-state index is 12.3. The molecule has 2 aromatic rings. The quantitative estimate of drug-likeness (QED) is 0.417. The van der Waals surface area contributed by atoms with Crippen LogP contribution in [0.25, 0.3) is 0 Å². The van der Waals surface area contributed by atoms with Crippen molar-refractivity contribution in [3.05, 3.63) is 60.2 Å². The minimum atomic E-state index is -0.406. The zero-order valence-corrected chi connectivity index (χ0v) is 15.5. The normalized spacial score (nSPS) is 10.3. The summed E-state index contributed by atoms with van der Waals surface area (Å²) in [7, 11) is 4.47. The summed E-state index contributed by atoms with van der Waals surface area (Å²) in [6, 6.07) is 10.4. The number of carbonyl (C=O) groups excluding carboxylic acids is 1. The molecule has 0 atom stereocenters. The molecule has 7 heteroatoms. The molecule has 7 nitrogen and oxygen atoms in total. The molecule has 0 aliphatic rings. The number of hydrogen-bond donors (Lipinski definition) is 1. The standard InChI is InChI=1S/C20H22N2O5/c1-5-10-27-16-8-6-14(7-9-16)13-21-22-20(23)15-11-17(24-2)19(26-4)18(12-15)25-3/h5-9,11-13H,1,10H2,2-4H3,(H,22,23)/b21-13-. The summed E-state index contributed by atoms with van der Waals surface area (Å²) in [5.74, 6) is 1.52. The van der Waals surface area contributed by atoms with Gasteiger partial charge in [-0.3, -0.25) is 4.79 Å². The van der Waals surface area contributed by atoms with Crippen molar-refractivity contribution in [2.45, 2.75) is 0 Å². The lowest BCUT2D eigenvalue weighted by Crippen LogP contribution is -2.18. The Morgan fingerprint density at radius 3 is 2.22 bits per heavy atom. The number of hydrazone groups is 1. The maximum absolute atomic E-state index is 12.3. The van der Waals surface area contributed by atoms with Crippen LogP contribution in [0.4, 0.5) is 0 Å². The van der Waals surface area contributed by atoms with Crippen molar-refractivity contribution < 1.29 is 23.7 Å². The van der Waals surface area contributed by atoms with Gasteiger partial charge < -0.3 is 18.9 Å². The molecule has 0 aliphatic carbocycles. The first-order valence-electron chi connectivity index (χ1n) is 8.10. The highest BCUT2D eigenvalue weighted by molar-refractivity contribution is 5.96. The van der Waals surface area contributed by atoms with Gasteiger partial charge in [-0.2, -0.15) is 5.10 Å². The first-order valence-corrected chi connectivity index (χ1v) is 8.10. The topological polar surface area (TPSA) is 78.4 Å². The molecule has 1 N–H and O–H groups in total. The molecule has 2 rings (SSSR count). The first kappa shape index (κ1) is 19.8. The third kappa shape index (κ3) is 5.24.